The van der Waals surface area contributed by atoms with Crippen LogP contribution < -0.4 is 0 Å². The van der Waals surface area contributed by atoms with Crippen LogP contribution in [-0.2, 0) is 33.8 Å². The molecule has 6 nitrogen and oxygen atoms in total. The summed E-state index contributed by atoms with van der Waals surface area (Å²) in [6, 6.07) is 16.1. The smallest absolute Gasteiger partial charge is 0.331 e. The maximum atomic E-state index is 12.5. The average molecular weight is 490 g/mol. The highest BCUT2D eigenvalue weighted by molar-refractivity contribution is 7.13. The first-order chi connectivity index (χ1) is 16.7. The van der Waals surface area contributed by atoms with Gasteiger partial charge in [-0.05, 0) is 46.5 Å². The van der Waals surface area contributed by atoms with E-state index in [1.165, 1.54) is 16.5 Å². The predicted molar refractivity (Wildman–Crippen MR) is 135 cm³/mol. The summed E-state index contributed by atoms with van der Waals surface area (Å²) in [5, 5.41) is 8.79. The Labute approximate surface area is 205 Å². The number of hydrogen-bond acceptors (Lipinski definition) is 6. The fourth-order valence-corrected chi connectivity index (χ4v) is 5.53. The van der Waals surface area contributed by atoms with Gasteiger partial charge in [0.2, 0.25) is 0 Å². The molecule has 5 rings (SSSR count). The number of fused-ring (bicyclic) bond motifs is 1. The van der Waals surface area contributed by atoms with Crippen molar-refractivity contribution in [2.45, 2.75) is 19.5 Å². The number of carbonyl (C=O) groups is 2. The highest BCUT2D eigenvalue weighted by Crippen LogP contribution is 2.28. The van der Waals surface area contributed by atoms with Crippen molar-refractivity contribution in [3.05, 3.63) is 93.1 Å². The molecule has 1 aliphatic heterocycles. The molecule has 8 heteroatoms. The van der Waals surface area contributed by atoms with Crippen LogP contribution in [0.4, 0.5) is 0 Å². The van der Waals surface area contributed by atoms with Crippen LogP contribution in [0.3, 0.4) is 0 Å². The van der Waals surface area contributed by atoms with E-state index in [9.17, 15) is 9.59 Å². The molecule has 4 heterocycles. The average Bonchev–Trinajstić information content (AvgIpc) is 3.62. The van der Waals surface area contributed by atoms with Gasteiger partial charge in [-0.3, -0.25) is 9.48 Å². The van der Waals surface area contributed by atoms with Crippen LogP contribution in [0.25, 0.3) is 16.6 Å². The molecular weight excluding hydrogens is 466 g/mol. The van der Waals surface area contributed by atoms with Crippen LogP contribution in [0.15, 0.2) is 71.6 Å². The standard InChI is InChI=1S/C26H23N3O3S2/c30-24(28-12-10-22-20(16-28)11-14-34-22)18-32-25(31)9-8-21-17-29(15-19-5-2-1-3-6-19)27-26(21)23-7-4-13-33-23/h1-9,11,13-14,17H,10,12,15-16,18H2/b9-8+. The van der Waals surface area contributed by atoms with Crippen molar-refractivity contribution in [2.24, 2.45) is 0 Å². The quantitative estimate of drug-likeness (QED) is 0.275. The van der Waals surface area contributed by atoms with Crippen LogP contribution in [0.5, 0.6) is 0 Å². The minimum Gasteiger partial charge on any atom is -0.452 e. The van der Waals surface area contributed by atoms with Crippen molar-refractivity contribution in [1.82, 2.24) is 14.7 Å². The molecule has 1 aromatic carbocycles. The largest absolute Gasteiger partial charge is 0.452 e. The zero-order valence-corrected chi connectivity index (χ0v) is 20.1. The molecule has 0 saturated carbocycles. The highest BCUT2D eigenvalue weighted by atomic mass is 32.1. The number of thiophene rings is 2. The van der Waals surface area contributed by atoms with Crippen molar-refractivity contribution in [1.29, 1.82) is 0 Å². The normalized spacial score (nSPS) is 13.2. The molecule has 0 N–H and O–H groups in total. The summed E-state index contributed by atoms with van der Waals surface area (Å²) < 4.78 is 7.11. The van der Waals surface area contributed by atoms with E-state index in [1.54, 1.807) is 33.6 Å². The maximum absolute atomic E-state index is 12.5. The molecule has 0 unspecified atom stereocenters. The Bertz CT molecular complexity index is 1310. The summed E-state index contributed by atoms with van der Waals surface area (Å²) in [4.78, 5) is 29.0. The van der Waals surface area contributed by atoms with Gasteiger partial charge in [-0.25, -0.2) is 4.79 Å². The van der Waals surface area contributed by atoms with Gasteiger partial charge in [0, 0.05) is 35.8 Å². The number of amides is 1. The van der Waals surface area contributed by atoms with Gasteiger partial charge in [0.25, 0.3) is 5.91 Å². The van der Waals surface area contributed by atoms with Gasteiger partial charge in [-0.2, -0.15) is 5.10 Å². The highest BCUT2D eigenvalue weighted by Gasteiger charge is 2.22. The lowest BCUT2D eigenvalue weighted by molar-refractivity contribution is -0.148. The zero-order chi connectivity index (χ0) is 23.3. The van der Waals surface area contributed by atoms with E-state index >= 15 is 0 Å². The molecule has 172 valence electrons. The second-order valence-electron chi connectivity index (χ2n) is 7.97. The van der Waals surface area contributed by atoms with Crippen molar-refractivity contribution < 1.29 is 14.3 Å². The maximum Gasteiger partial charge on any atom is 0.331 e. The molecule has 0 saturated heterocycles. The number of rotatable bonds is 7. The van der Waals surface area contributed by atoms with E-state index in [1.807, 2.05) is 46.6 Å². The Morgan fingerprint density at radius 3 is 2.76 bits per heavy atom. The third-order valence-corrected chi connectivity index (χ3v) is 7.53. The molecule has 3 aromatic heterocycles. The van der Waals surface area contributed by atoms with Crippen LogP contribution in [-0.4, -0.2) is 39.7 Å². The number of nitrogens with zero attached hydrogens (tertiary/aromatic N) is 3. The number of benzene rings is 1. The summed E-state index contributed by atoms with van der Waals surface area (Å²) in [5.41, 5.74) is 3.96. The van der Waals surface area contributed by atoms with Crippen molar-refractivity contribution in [2.75, 3.05) is 13.2 Å². The fourth-order valence-electron chi connectivity index (χ4n) is 3.91. The zero-order valence-electron chi connectivity index (χ0n) is 18.4. The van der Waals surface area contributed by atoms with Gasteiger partial charge in [0.05, 0.1) is 11.4 Å². The lowest BCUT2D eigenvalue weighted by atomic mass is 10.1. The van der Waals surface area contributed by atoms with E-state index in [2.05, 4.69) is 23.6 Å². The monoisotopic (exact) mass is 489 g/mol. The SMILES string of the molecule is O=C(/C=C/c1cn(Cc2ccccc2)nc1-c1cccs1)OCC(=O)N1CCc2sccc2C1. The molecule has 34 heavy (non-hydrogen) atoms. The Balaban J connectivity index is 1.23. The molecule has 0 fully saturated rings. The Kier molecular flexibility index (Phi) is 6.69. The number of carbonyl (C=O) groups excluding carboxylic acids is 2. The first-order valence-electron chi connectivity index (χ1n) is 11.0. The Hall–Kier alpha value is -3.49. The number of aromatic nitrogens is 2. The number of ether oxygens (including phenoxy) is 1. The predicted octanol–water partition coefficient (Wildman–Crippen LogP) is 4.86. The molecule has 0 spiro atoms. The van der Waals surface area contributed by atoms with Crippen molar-refractivity contribution in [3.63, 3.8) is 0 Å². The van der Waals surface area contributed by atoms with Crippen molar-refractivity contribution >= 4 is 40.6 Å². The molecule has 1 amide bonds. The van der Waals surface area contributed by atoms with Crippen LogP contribution in [0.2, 0.25) is 0 Å². The summed E-state index contributed by atoms with van der Waals surface area (Å²) in [7, 11) is 0. The third kappa shape index (κ3) is 5.18. The fraction of sp³-hybridized carbons (Fsp3) is 0.192. The lowest BCUT2D eigenvalue weighted by Gasteiger charge is -2.26. The van der Waals surface area contributed by atoms with Gasteiger partial charge in [0.15, 0.2) is 6.61 Å². The lowest BCUT2D eigenvalue weighted by Crippen LogP contribution is -2.38. The van der Waals surface area contributed by atoms with Gasteiger partial charge in [-0.1, -0.05) is 36.4 Å². The third-order valence-electron chi connectivity index (χ3n) is 5.63. The van der Waals surface area contributed by atoms with E-state index in [4.69, 9.17) is 9.84 Å². The first-order valence-corrected chi connectivity index (χ1v) is 12.7. The van der Waals surface area contributed by atoms with E-state index in [0.717, 1.165) is 28.1 Å². The van der Waals surface area contributed by atoms with Gasteiger partial charge < -0.3 is 9.64 Å². The minimum absolute atomic E-state index is 0.173. The molecule has 0 radical (unpaired) electrons. The van der Waals surface area contributed by atoms with Gasteiger partial charge in [-0.15, -0.1) is 22.7 Å². The van der Waals surface area contributed by atoms with E-state index < -0.39 is 5.97 Å². The van der Waals surface area contributed by atoms with E-state index in [-0.39, 0.29) is 12.5 Å². The minimum atomic E-state index is -0.547. The molecule has 1 aliphatic rings. The van der Waals surface area contributed by atoms with Crippen LogP contribution in [0, 0.1) is 0 Å². The second-order valence-corrected chi connectivity index (χ2v) is 9.92. The number of esters is 1. The van der Waals surface area contributed by atoms with Crippen LogP contribution >= 0.6 is 22.7 Å². The van der Waals surface area contributed by atoms with E-state index in [0.29, 0.717) is 19.6 Å². The van der Waals surface area contributed by atoms with Gasteiger partial charge in [0.1, 0.15) is 5.69 Å². The molecule has 4 aromatic rings. The molecular formula is C26H23N3O3S2. The molecule has 0 bridgehead atoms. The summed E-state index contributed by atoms with van der Waals surface area (Å²) >= 11 is 3.32. The summed E-state index contributed by atoms with van der Waals surface area (Å²) in [6.07, 6.45) is 5.84. The second kappa shape index (κ2) is 10.2. The Morgan fingerprint density at radius 2 is 1.94 bits per heavy atom. The Morgan fingerprint density at radius 1 is 1.06 bits per heavy atom. The topological polar surface area (TPSA) is 64.4 Å². The van der Waals surface area contributed by atoms with Gasteiger partial charge >= 0.3 is 5.97 Å². The summed E-state index contributed by atoms with van der Waals surface area (Å²) in [5.74, 6) is -0.719. The first kappa shape index (κ1) is 22.3. The summed E-state index contributed by atoms with van der Waals surface area (Å²) in [6.45, 7) is 1.61. The molecule has 0 atom stereocenters. The van der Waals surface area contributed by atoms with Crippen molar-refractivity contribution in [3.8, 4) is 10.6 Å². The molecule has 0 aliphatic carbocycles. The van der Waals surface area contributed by atoms with Crippen LogP contribution in [0.1, 0.15) is 21.6 Å². The number of hydrogen-bond donors (Lipinski definition) is 0.